The molecule has 192 valence electrons. The average Bonchev–Trinajstić information content (AvgIpc) is 3.46. The minimum absolute atomic E-state index is 0.0669. The summed E-state index contributed by atoms with van der Waals surface area (Å²) in [7, 11) is 1.73. The summed E-state index contributed by atoms with van der Waals surface area (Å²) in [6.07, 6.45) is 25.8. The smallest absolute Gasteiger partial charge is 0.226 e. The topological polar surface area (TPSA) is 68.0 Å². The second-order valence-electron chi connectivity index (χ2n) is 10.2. The van der Waals surface area contributed by atoms with Crippen LogP contribution < -0.4 is 0 Å². The number of methoxy groups -OCH3 is 1. The highest BCUT2D eigenvalue weighted by Crippen LogP contribution is 2.45. The molecule has 0 aromatic carbocycles. The average molecular weight is 499 g/mol. The fourth-order valence-corrected chi connectivity index (χ4v) is 5.94. The molecule has 0 saturated carbocycles. The first kappa shape index (κ1) is 23.9. The lowest BCUT2D eigenvalue weighted by atomic mass is 9.85. The van der Waals surface area contributed by atoms with Crippen LogP contribution in [0.4, 0.5) is 0 Å². The third-order valence-electron chi connectivity index (χ3n) is 7.88. The number of hydrogen-bond donors (Lipinski definition) is 1. The molecule has 6 nitrogen and oxygen atoms in total. The first-order chi connectivity index (χ1) is 18.1. The molecule has 3 unspecified atom stereocenters. The van der Waals surface area contributed by atoms with E-state index in [9.17, 15) is 5.11 Å². The number of aromatic nitrogens is 1. The van der Waals surface area contributed by atoms with Gasteiger partial charge in [0.25, 0.3) is 0 Å². The SMILES string of the molecule is COC1CC(CN2C3=C(CCC=C3)C3C(O)=CC=CC32)=CC=C1OCc1nc(C2=CCCC=C2)oc1C. The zero-order chi connectivity index (χ0) is 25.4. The van der Waals surface area contributed by atoms with Crippen LogP contribution in [0.5, 0.6) is 0 Å². The maximum Gasteiger partial charge on any atom is 0.226 e. The van der Waals surface area contributed by atoms with Crippen LogP contribution in [-0.4, -0.2) is 40.8 Å². The van der Waals surface area contributed by atoms with Gasteiger partial charge in [-0.15, -0.1) is 0 Å². The van der Waals surface area contributed by atoms with Crippen molar-refractivity contribution in [1.29, 1.82) is 0 Å². The van der Waals surface area contributed by atoms with Crippen molar-refractivity contribution in [3.05, 3.63) is 106 Å². The number of nitrogens with zero attached hydrogens (tertiary/aromatic N) is 2. The number of oxazole rings is 1. The number of ether oxygens (including phenoxy) is 2. The van der Waals surface area contributed by atoms with Gasteiger partial charge in [0.2, 0.25) is 5.89 Å². The Balaban J connectivity index is 1.16. The fourth-order valence-electron chi connectivity index (χ4n) is 5.94. The van der Waals surface area contributed by atoms with E-state index in [4.69, 9.17) is 18.9 Å². The number of fused-ring (bicyclic) bond motifs is 2. The normalized spacial score (nSPS) is 26.4. The molecule has 2 heterocycles. The van der Waals surface area contributed by atoms with Crippen molar-refractivity contribution in [3.63, 3.8) is 0 Å². The molecule has 5 aliphatic rings. The van der Waals surface area contributed by atoms with Gasteiger partial charge in [-0.05, 0) is 62.0 Å². The van der Waals surface area contributed by atoms with Crippen molar-refractivity contribution in [3.8, 4) is 0 Å². The summed E-state index contributed by atoms with van der Waals surface area (Å²) in [5.41, 5.74) is 5.74. The van der Waals surface area contributed by atoms with Crippen molar-refractivity contribution in [2.75, 3.05) is 13.7 Å². The highest BCUT2D eigenvalue weighted by atomic mass is 16.5. The van der Waals surface area contributed by atoms with E-state index in [1.807, 2.05) is 25.2 Å². The number of rotatable bonds is 7. The molecule has 3 atom stereocenters. The predicted molar refractivity (Wildman–Crippen MR) is 143 cm³/mol. The van der Waals surface area contributed by atoms with E-state index in [1.165, 1.54) is 16.8 Å². The summed E-state index contributed by atoms with van der Waals surface area (Å²) in [5, 5.41) is 10.7. The van der Waals surface area contributed by atoms with E-state index in [1.54, 1.807) is 7.11 Å². The van der Waals surface area contributed by atoms with Gasteiger partial charge in [0, 0.05) is 31.3 Å². The molecule has 1 N–H and O–H groups in total. The molecular formula is C31H34N2O4. The second kappa shape index (κ2) is 10.1. The summed E-state index contributed by atoms with van der Waals surface area (Å²) in [6.45, 7) is 3.07. The van der Waals surface area contributed by atoms with E-state index < -0.39 is 0 Å². The predicted octanol–water partition coefficient (Wildman–Crippen LogP) is 6.38. The number of aliphatic hydroxyl groups is 1. The van der Waals surface area contributed by atoms with Crippen molar-refractivity contribution in [1.82, 2.24) is 9.88 Å². The standard InChI is InChI=1S/C31H34N2O4/c1-20-24(32-31(37-20)22-9-4-3-5-10-22)19-36-28-16-15-21(17-29(28)35-2)18-33-25-12-7-6-11-23(25)30-26(33)13-8-14-27(30)34/h4,7-10,12-16,26,29-30,34H,3,5-6,11,17-19H2,1-2H3. The largest absolute Gasteiger partial charge is 0.512 e. The molecule has 0 saturated heterocycles. The van der Waals surface area contributed by atoms with Crippen LogP contribution >= 0.6 is 0 Å². The van der Waals surface area contributed by atoms with Crippen molar-refractivity contribution >= 4 is 5.57 Å². The number of hydrogen-bond acceptors (Lipinski definition) is 6. The Bertz CT molecular complexity index is 1320. The molecule has 1 aromatic rings. The molecule has 0 radical (unpaired) electrons. The number of allylic oxidation sites excluding steroid dienone is 10. The minimum atomic E-state index is -0.153. The van der Waals surface area contributed by atoms with Gasteiger partial charge in [0.15, 0.2) is 0 Å². The molecule has 37 heavy (non-hydrogen) atoms. The second-order valence-corrected chi connectivity index (χ2v) is 10.2. The molecule has 0 bridgehead atoms. The van der Waals surface area contributed by atoms with E-state index in [2.05, 4.69) is 47.4 Å². The Morgan fingerprint density at radius 2 is 2.03 bits per heavy atom. The van der Waals surface area contributed by atoms with Crippen LogP contribution in [0.1, 0.15) is 49.4 Å². The highest BCUT2D eigenvalue weighted by Gasteiger charge is 2.42. The lowest BCUT2D eigenvalue weighted by molar-refractivity contribution is 0.0544. The first-order valence-electron chi connectivity index (χ1n) is 13.2. The van der Waals surface area contributed by atoms with Crippen LogP contribution in [0.3, 0.4) is 0 Å². The molecule has 0 amide bonds. The van der Waals surface area contributed by atoms with E-state index in [0.717, 1.165) is 61.4 Å². The zero-order valence-corrected chi connectivity index (χ0v) is 21.5. The Morgan fingerprint density at radius 3 is 2.86 bits per heavy atom. The van der Waals surface area contributed by atoms with Crippen molar-refractivity contribution in [2.24, 2.45) is 5.92 Å². The molecule has 6 heteroatoms. The van der Waals surface area contributed by atoms with Crippen LogP contribution in [0.15, 0.2) is 93.5 Å². The first-order valence-corrected chi connectivity index (χ1v) is 13.2. The van der Waals surface area contributed by atoms with Crippen molar-refractivity contribution < 1.29 is 19.0 Å². The monoisotopic (exact) mass is 498 g/mol. The third-order valence-corrected chi connectivity index (χ3v) is 7.88. The Hall–Kier alpha value is -3.51. The van der Waals surface area contributed by atoms with Gasteiger partial charge in [0.05, 0.1) is 12.0 Å². The fraction of sp³-hybridized carbons (Fsp3) is 0.387. The van der Waals surface area contributed by atoms with Gasteiger partial charge < -0.3 is 23.9 Å². The Labute approximate surface area is 218 Å². The summed E-state index contributed by atoms with van der Waals surface area (Å²) in [6, 6.07) is 0.153. The lowest BCUT2D eigenvalue weighted by Crippen LogP contribution is -2.36. The summed E-state index contributed by atoms with van der Waals surface area (Å²) < 4.78 is 18.0. The molecule has 0 fully saturated rings. The van der Waals surface area contributed by atoms with Crippen LogP contribution in [0.25, 0.3) is 5.57 Å². The summed E-state index contributed by atoms with van der Waals surface area (Å²) in [5.74, 6) is 2.78. The lowest BCUT2D eigenvalue weighted by Gasteiger charge is -2.33. The quantitative estimate of drug-likeness (QED) is 0.471. The molecule has 1 aromatic heterocycles. The van der Waals surface area contributed by atoms with Gasteiger partial charge in [-0.25, -0.2) is 4.98 Å². The highest BCUT2D eigenvalue weighted by molar-refractivity contribution is 5.69. The van der Waals surface area contributed by atoms with Gasteiger partial charge in [-0.2, -0.15) is 0 Å². The van der Waals surface area contributed by atoms with Gasteiger partial charge in [-0.3, -0.25) is 0 Å². The number of aliphatic hydroxyl groups excluding tert-OH is 1. The maximum absolute atomic E-state index is 10.7. The maximum atomic E-state index is 10.7. The van der Waals surface area contributed by atoms with Crippen LogP contribution in [0, 0.1) is 12.8 Å². The van der Waals surface area contributed by atoms with E-state index in [0.29, 0.717) is 18.3 Å². The summed E-state index contributed by atoms with van der Waals surface area (Å²) in [4.78, 5) is 7.12. The minimum Gasteiger partial charge on any atom is -0.512 e. The van der Waals surface area contributed by atoms with Crippen LogP contribution in [0.2, 0.25) is 0 Å². The van der Waals surface area contributed by atoms with Crippen LogP contribution in [-0.2, 0) is 16.1 Å². The van der Waals surface area contributed by atoms with E-state index in [-0.39, 0.29) is 18.1 Å². The van der Waals surface area contributed by atoms with E-state index >= 15 is 0 Å². The van der Waals surface area contributed by atoms with Gasteiger partial charge in [0.1, 0.15) is 35.7 Å². The molecule has 4 aliphatic carbocycles. The third kappa shape index (κ3) is 4.55. The zero-order valence-electron chi connectivity index (χ0n) is 21.5. The van der Waals surface area contributed by atoms with Gasteiger partial charge >= 0.3 is 0 Å². The molecule has 1 aliphatic heterocycles. The molecule has 0 spiro atoms. The summed E-state index contributed by atoms with van der Waals surface area (Å²) >= 11 is 0. The van der Waals surface area contributed by atoms with Crippen molar-refractivity contribution in [2.45, 2.75) is 57.8 Å². The Morgan fingerprint density at radius 1 is 1.14 bits per heavy atom. The number of aryl methyl sites for hydroxylation is 1. The Kier molecular flexibility index (Phi) is 6.51. The molecular weight excluding hydrogens is 464 g/mol. The van der Waals surface area contributed by atoms with Gasteiger partial charge in [-0.1, -0.05) is 42.5 Å². The molecule has 6 rings (SSSR count).